The minimum atomic E-state index is -4.47. The van der Waals surface area contributed by atoms with Crippen LogP contribution in [0.25, 0.3) is 0 Å². The molecule has 0 saturated carbocycles. The van der Waals surface area contributed by atoms with Crippen LogP contribution in [0, 0.1) is 0 Å². The Hall–Kier alpha value is 0.0400. The van der Waals surface area contributed by atoms with Crippen molar-refractivity contribution in [2.75, 3.05) is 0 Å². The van der Waals surface area contributed by atoms with Gasteiger partial charge in [0.25, 0.3) is 0 Å². The van der Waals surface area contributed by atoms with Crippen molar-refractivity contribution >= 4 is 7.82 Å². The zero-order valence-electron chi connectivity index (χ0n) is 9.32. The highest BCUT2D eigenvalue weighted by Gasteiger charge is 2.26. The van der Waals surface area contributed by atoms with Gasteiger partial charge in [0.05, 0.1) is 6.10 Å². The van der Waals surface area contributed by atoms with Crippen LogP contribution in [0.1, 0.15) is 52.4 Å². The molecule has 15 heavy (non-hydrogen) atoms. The van der Waals surface area contributed by atoms with Gasteiger partial charge >= 0.3 is 7.82 Å². The molecule has 0 aliphatic rings. The first kappa shape index (κ1) is 15.0. The van der Waals surface area contributed by atoms with Gasteiger partial charge in [-0.3, -0.25) is 4.52 Å². The zero-order valence-corrected chi connectivity index (χ0v) is 10.2. The lowest BCUT2D eigenvalue weighted by molar-refractivity contribution is -0.0571. The van der Waals surface area contributed by atoms with Gasteiger partial charge < -0.3 is 4.89 Å². The van der Waals surface area contributed by atoms with Gasteiger partial charge in [-0.1, -0.05) is 44.3 Å². The van der Waals surface area contributed by atoms with Gasteiger partial charge in [0.1, 0.15) is 0 Å². The van der Waals surface area contributed by atoms with Crippen molar-refractivity contribution in [3.05, 3.63) is 0 Å². The van der Waals surface area contributed by atoms with Crippen molar-refractivity contribution in [1.29, 1.82) is 0 Å². The van der Waals surface area contributed by atoms with E-state index in [1.807, 2.05) is 6.92 Å². The maximum absolute atomic E-state index is 11.6. The summed E-state index contributed by atoms with van der Waals surface area (Å²) in [5, 5.41) is 0. The summed E-state index contributed by atoms with van der Waals surface area (Å²) in [4.78, 5) is 8.76. The molecule has 0 saturated heterocycles. The Balaban J connectivity index is 3.78. The molecule has 0 spiro atoms. The van der Waals surface area contributed by atoms with E-state index in [9.17, 15) is 9.09 Å². The first-order valence-corrected chi connectivity index (χ1v) is 6.86. The third-order valence-electron chi connectivity index (χ3n) is 2.20. The summed E-state index contributed by atoms with van der Waals surface area (Å²) >= 11 is 0. The highest BCUT2D eigenvalue weighted by Crippen LogP contribution is 2.45. The van der Waals surface area contributed by atoms with E-state index in [1.165, 1.54) is 0 Å². The molecule has 1 N–H and O–H groups in total. The summed E-state index contributed by atoms with van der Waals surface area (Å²) in [6.07, 6.45) is 5.05. The summed E-state index contributed by atoms with van der Waals surface area (Å²) in [6.45, 7) is 3.93. The molecule has 0 amide bonds. The summed E-state index contributed by atoms with van der Waals surface area (Å²) in [7, 11) is -4.47. The predicted octanol–water partition coefficient (Wildman–Crippen LogP) is 3.75. The van der Waals surface area contributed by atoms with Gasteiger partial charge in [-0.2, -0.15) is 0 Å². The van der Waals surface area contributed by atoms with Crippen molar-refractivity contribution < 1.29 is 23.2 Å². The average molecular weight is 242 g/mol. The molecule has 2 atom stereocenters. The molecule has 4 nitrogen and oxygen atoms in total. The van der Waals surface area contributed by atoms with Crippen molar-refractivity contribution in [3.63, 3.8) is 0 Å². The van der Waals surface area contributed by atoms with Gasteiger partial charge in [0, 0.05) is 0 Å². The van der Waals surface area contributed by atoms with Crippen LogP contribution in [-0.4, -0.2) is 11.0 Å². The highest BCUT2D eigenvalue weighted by molar-refractivity contribution is 7.47. The van der Waals surface area contributed by atoms with E-state index in [1.54, 1.807) is 0 Å². The van der Waals surface area contributed by atoms with Gasteiger partial charge in [-0.15, -0.1) is 0 Å². The fraction of sp³-hybridized carbons (Fsp3) is 1.00. The maximum Gasteiger partial charge on any atom is 0.503 e. The Morgan fingerprint density at radius 2 is 2.00 bits per heavy atom. The molecule has 0 aliphatic carbocycles. The van der Waals surface area contributed by atoms with Crippen LogP contribution in [0.5, 0.6) is 0 Å². The molecule has 0 aromatic heterocycles. The lowest BCUT2D eigenvalue weighted by Crippen LogP contribution is -2.10. The second-order valence-electron chi connectivity index (χ2n) is 3.52. The van der Waals surface area contributed by atoms with Crippen molar-refractivity contribution in [3.8, 4) is 0 Å². The van der Waals surface area contributed by atoms with Gasteiger partial charge in [0.2, 0.25) is 0 Å². The summed E-state index contributed by atoms with van der Waals surface area (Å²) in [5.74, 6) is 0. The fourth-order valence-electron chi connectivity index (χ4n) is 1.33. The minimum absolute atomic E-state index is 0.409. The average Bonchev–Trinajstić information content (AvgIpc) is 2.22. The van der Waals surface area contributed by atoms with E-state index in [0.717, 1.165) is 25.7 Å². The van der Waals surface area contributed by atoms with E-state index in [2.05, 4.69) is 16.2 Å². The van der Waals surface area contributed by atoms with Crippen LogP contribution >= 0.6 is 7.82 Å². The summed E-state index contributed by atoms with van der Waals surface area (Å²) in [5.41, 5.74) is 0. The molecule has 92 valence electrons. The molecule has 0 aromatic carbocycles. The van der Waals surface area contributed by atoms with Crippen LogP contribution < -0.4 is 0 Å². The molecule has 0 rings (SSSR count). The number of phosphoric acid groups is 1. The van der Waals surface area contributed by atoms with Gasteiger partial charge in [-0.05, 0) is 17.4 Å². The van der Waals surface area contributed by atoms with Crippen molar-refractivity contribution in [2.45, 2.75) is 58.5 Å². The first-order chi connectivity index (χ1) is 7.05. The molecule has 0 aliphatic heterocycles. The number of hydrogen-bond donors (Lipinski definition) is 1. The van der Waals surface area contributed by atoms with Crippen molar-refractivity contribution in [2.24, 2.45) is 0 Å². The summed E-state index contributed by atoms with van der Waals surface area (Å²) < 4.78 is 29.9. The largest absolute Gasteiger partial charge is 0.503 e. The monoisotopic (exact) mass is 242 g/mol. The zero-order chi connectivity index (χ0) is 11.7. The smallest absolute Gasteiger partial charge is 0.301 e. The van der Waals surface area contributed by atoms with Crippen LogP contribution in [0.2, 0.25) is 0 Å². The number of unbranched alkanes of at least 4 members (excludes halogenated alkanes) is 3. The predicted molar refractivity (Wildman–Crippen MR) is 55.9 cm³/mol. The van der Waals surface area contributed by atoms with Gasteiger partial charge in [0.15, 0.2) is 0 Å². The normalized spacial score (nSPS) is 17.3. The molecular formula is C9H20FO4P. The Morgan fingerprint density at radius 1 is 1.33 bits per heavy atom. The fourth-order valence-corrected chi connectivity index (χ4v) is 2.00. The second-order valence-corrected chi connectivity index (χ2v) is 4.81. The molecule has 6 heteroatoms. The molecule has 0 radical (unpaired) electrons. The summed E-state index contributed by atoms with van der Waals surface area (Å²) in [6, 6.07) is 0. The van der Waals surface area contributed by atoms with Gasteiger partial charge in [-0.25, -0.2) is 4.57 Å². The SMILES string of the molecule is CCCCCCC(CC)OP(=O)(O)OF. The number of rotatable bonds is 9. The topological polar surface area (TPSA) is 55.8 Å². The Kier molecular flexibility index (Phi) is 8.24. The lowest BCUT2D eigenvalue weighted by atomic mass is 10.1. The van der Waals surface area contributed by atoms with E-state index in [4.69, 9.17) is 4.89 Å². The van der Waals surface area contributed by atoms with E-state index < -0.39 is 13.9 Å². The van der Waals surface area contributed by atoms with Crippen molar-refractivity contribution in [1.82, 2.24) is 0 Å². The third kappa shape index (κ3) is 7.91. The van der Waals surface area contributed by atoms with E-state index in [0.29, 0.717) is 12.8 Å². The van der Waals surface area contributed by atoms with Crippen LogP contribution in [-0.2, 0) is 13.8 Å². The standard InChI is InChI=1S/C9H20FO4P/c1-3-5-6-7-8-9(4-2)13-15(11,12)14-10/h9H,3-8H2,1-2H3,(H,11,12). The lowest BCUT2D eigenvalue weighted by Gasteiger charge is -2.16. The Bertz CT molecular complexity index is 201. The Morgan fingerprint density at radius 3 is 2.47 bits per heavy atom. The van der Waals surface area contributed by atoms with Crippen LogP contribution in [0.3, 0.4) is 0 Å². The van der Waals surface area contributed by atoms with E-state index >= 15 is 0 Å². The second kappa shape index (κ2) is 8.22. The Labute approximate surface area is 90.3 Å². The highest BCUT2D eigenvalue weighted by atomic mass is 31.2. The minimum Gasteiger partial charge on any atom is -0.301 e. The molecule has 0 bridgehead atoms. The molecule has 0 heterocycles. The number of phosphoric ester groups is 1. The third-order valence-corrected chi connectivity index (χ3v) is 2.94. The number of halogens is 1. The van der Waals surface area contributed by atoms with E-state index in [-0.39, 0.29) is 0 Å². The quantitative estimate of drug-likeness (QED) is 0.494. The molecule has 0 fully saturated rings. The van der Waals surface area contributed by atoms with Crippen LogP contribution in [0.4, 0.5) is 4.53 Å². The molecule has 2 unspecified atom stereocenters. The first-order valence-electron chi connectivity index (χ1n) is 5.37. The molecular weight excluding hydrogens is 222 g/mol. The molecule has 0 aromatic rings. The number of hydrogen-bond acceptors (Lipinski definition) is 3. The van der Waals surface area contributed by atoms with Crippen LogP contribution in [0.15, 0.2) is 0 Å². The maximum atomic E-state index is 11.6.